The highest BCUT2D eigenvalue weighted by molar-refractivity contribution is 5.82. The lowest BCUT2D eigenvalue weighted by Gasteiger charge is -2.13. The molecule has 0 saturated heterocycles. The monoisotopic (exact) mass is 342 g/mol. The SMILES string of the molecule is Cc1ccc2c(c1)Cc1c-2ccc(-c2cc(C)c(C(C)C)c[n+]2C)c1C. The van der Waals surface area contributed by atoms with Crippen molar-refractivity contribution in [3.63, 3.8) is 0 Å². The second-order valence-corrected chi connectivity index (χ2v) is 8.16. The third-order valence-electron chi connectivity index (χ3n) is 5.94. The second kappa shape index (κ2) is 6.09. The van der Waals surface area contributed by atoms with Gasteiger partial charge >= 0.3 is 0 Å². The van der Waals surface area contributed by atoms with E-state index in [0.717, 1.165) is 6.42 Å². The van der Waals surface area contributed by atoms with Crippen molar-refractivity contribution in [2.75, 3.05) is 0 Å². The minimum absolute atomic E-state index is 0.550. The van der Waals surface area contributed by atoms with Crippen molar-refractivity contribution in [3.8, 4) is 22.4 Å². The first-order chi connectivity index (χ1) is 12.4. The summed E-state index contributed by atoms with van der Waals surface area (Å²) >= 11 is 0. The molecule has 1 aliphatic carbocycles. The molecule has 1 aromatic heterocycles. The van der Waals surface area contributed by atoms with Crippen LogP contribution in [-0.2, 0) is 13.5 Å². The Hall–Kier alpha value is -2.41. The number of rotatable bonds is 2. The van der Waals surface area contributed by atoms with Crippen LogP contribution in [0.15, 0.2) is 42.6 Å². The molecule has 0 aliphatic heterocycles. The third-order valence-corrected chi connectivity index (χ3v) is 5.94. The Morgan fingerprint density at radius 3 is 2.31 bits per heavy atom. The maximum Gasteiger partial charge on any atom is 0.212 e. The predicted octanol–water partition coefficient (Wildman–Crippen LogP) is 5.80. The van der Waals surface area contributed by atoms with Crippen LogP contribution < -0.4 is 4.57 Å². The summed E-state index contributed by atoms with van der Waals surface area (Å²) in [5, 5.41) is 0. The Bertz CT molecular complexity index is 1020. The van der Waals surface area contributed by atoms with Gasteiger partial charge in [0.2, 0.25) is 5.69 Å². The van der Waals surface area contributed by atoms with E-state index < -0.39 is 0 Å². The molecule has 0 unspecified atom stereocenters. The molecule has 4 rings (SSSR count). The van der Waals surface area contributed by atoms with E-state index in [2.05, 4.69) is 88.8 Å². The molecule has 1 aliphatic rings. The van der Waals surface area contributed by atoms with Crippen molar-refractivity contribution in [1.29, 1.82) is 0 Å². The molecule has 1 heteroatoms. The van der Waals surface area contributed by atoms with Gasteiger partial charge in [0.05, 0.1) is 0 Å². The van der Waals surface area contributed by atoms with Crippen LogP contribution in [0.5, 0.6) is 0 Å². The van der Waals surface area contributed by atoms with Gasteiger partial charge in [0, 0.05) is 17.2 Å². The van der Waals surface area contributed by atoms with Gasteiger partial charge in [-0.25, -0.2) is 4.57 Å². The van der Waals surface area contributed by atoms with Gasteiger partial charge in [0.1, 0.15) is 7.05 Å². The van der Waals surface area contributed by atoms with Crippen molar-refractivity contribution in [1.82, 2.24) is 0 Å². The van der Waals surface area contributed by atoms with Gasteiger partial charge in [-0.1, -0.05) is 43.7 Å². The van der Waals surface area contributed by atoms with Crippen LogP contribution in [0.25, 0.3) is 22.4 Å². The third kappa shape index (κ3) is 2.58. The Balaban J connectivity index is 1.86. The predicted molar refractivity (Wildman–Crippen MR) is 110 cm³/mol. The average molecular weight is 343 g/mol. The molecule has 1 heterocycles. The molecule has 26 heavy (non-hydrogen) atoms. The lowest BCUT2D eigenvalue weighted by Crippen LogP contribution is -2.32. The Labute approximate surface area is 157 Å². The van der Waals surface area contributed by atoms with Crippen LogP contribution in [0.4, 0.5) is 0 Å². The molecule has 0 bridgehead atoms. The van der Waals surface area contributed by atoms with Crippen molar-refractivity contribution in [2.24, 2.45) is 7.05 Å². The molecule has 1 nitrogen and oxygen atoms in total. The molecule has 132 valence electrons. The van der Waals surface area contributed by atoms with Crippen LogP contribution in [0.3, 0.4) is 0 Å². The minimum atomic E-state index is 0.550. The highest BCUT2D eigenvalue weighted by Crippen LogP contribution is 2.41. The summed E-state index contributed by atoms with van der Waals surface area (Å²) in [6, 6.07) is 13.9. The van der Waals surface area contributed by atoms with Gasteiger partial charge in [-0.15, -0.1) is 0 Å². The molecule has 0 atom stereocenters. The van der Waals surface area contributed by atoms with E-state index in [0.29, 0.717) is 5.92 Å². The molecule has 0 radical (unpaired) electrons. The number of aromatic nitrogens is 1. The lowest BCUT2D eigenvalue weighted by molar-refractivity contribution is -0.660. The maximum atomic E-state index is 2.36. The highest BCUT2D eigenvalue weighted by atomic mass is 14.9. The molecule has 0 fully saturated rings. The summed E-state index contributed by atoms with van der Waals surface area (Å²) < 4.78 is 2.29. The van der Waals surface area contributed by atoms with Crippen molar-refractivity contribution in [3.05, 3.63) is 76.0 Å². The summed E-state index contributed by atoms with van der Waals surface area (Å²) in [6.45, 7) is 11.2. The van der Waals surface area contributed by atoms with E-state index in [4.69, 9.17) is 0 Å². The van der Waals surface area contributed by atoms with E-state index in [1.54, 1.807) is 0 Å². The molecular formula is C25H28N+. The van der Waals surface area contributed by atoms with Crippen LogP contribution in [-0.4, -0.2) is 0 Å². The fourth-order valence-electron chi connectivity index (χ4n) is 4.48. The van der Waals surface area contributed by atoms with Crippen LogP contribution in [0, 0.1) is 20.8 Å². The molecule has 2 aromatic carbocycles. The zero-order chi connectivity index (χ0) is 18.6. The summed E-state index contributed by atoms with van der Waals surface area (Å²) in [4.78, 5) is 0. The van der Waals surface area contributed by atoms with Crippen molar-refractivity contribution < 1.29 is 4.57 Å². The maximum absolute atomic E-state index is 2.36. The normalized spacial score (nSPS) is 12.4. The van der Waals surface area contributed by atoms with Crippen LogP contribution in [0.2, 0.25) is 0 Å². The van der Waals surface area contributed by atoms with Crippen LogP contribution >= 0.6 is 0 Å². The first-order valence-electron chi connectivity index (χ1n) is 9.59. The number of nitrogens with zero attached hydrogens (tertiary/aromatic N) is 1. The van der Waals surface area contributed by atoms with Gasteiger partial charge in [0.15, 0.2) is 6.20 Å². The smallest absolute Gasteiger partial charge is 0.201 e. The summed E-state index contributed by atoms with van der Waals surface area (Å²) in [5.74, 6) is 0.550. The van der Waals surface area contributed by atoms with Crippen LogP contribution in [0.1, 0.15) is 53.1 Å². The van der Waals surface area contributed by atoms with E-state index in [-0.39, 0.29) is 0 Å². The Morgan fingerprint density at radius 1 is 0.885 bits per heavy atom. The van der Waals surface area contributed by atoms with Crippen molar-refractivity contribution >= 4 is 0 Å². The minimum Gasteiger partial charge on any atom is -0.201 e. The summed E-state index contributed by atoms with van der Waals surface area (Å²) in [7, 11) is 2.17. The Morgan fingerprint density at radius 2 is 1.58 bits per heavy atom. The number of benzene rings is 2. The van der Waals surface area contributed by atoms with Gasteiger partial charge in [-0.2, -0.15) is 0 Å². The topological polar surface area (TPSA) is 3.88 Å². The fraction of sp³-hybridized carbons (Fsp3) is 0.320. The molecule has 3 aromatic rings. The largest absolute Gasteiger partial charge is 0.212 e. The number of hydrogen-bond donors (Lipinski definition) is 0. The fourth-order valence-corrected chi connectivity index (χ4v) is 4.48. The quantitative estimate of drug-likeness (QED) is 0.405. The zero-order valence-electron chi connectivity index (χ0n) is 16.8. The number of hydrogen-bond acceptors (Lipinski definition) is 0. The summed E-state index contributed by atoms with van der Waals surface area (Å²) in [6.07, 6.45) is 3.36. The highest BCUT2D eigenvalue weighted by Gasteiger charge is 2.24. The first-order valence-corrected chi connectivity index (χ1v) is 9.59. The zero-order valence-corrected chi connectivity index (χ0v) is 16.8. The second-order valence-electron chi connectivity index (χ2n) is 8.16. The van der Waals surface area contributed by atoms with E-state index in [9.17, 15) is 0 Å². The lowest BCUT2D eigenvalue weighted by atomic mass is 9.93. The molecule has 0 spiro atoms. The van der Waals surface area contributed by atoms with E-state index in [1.165, 1.54) is 55.8 Å². The molecular weight excluding hydrogens is 314 g/mol. The molecule has 0 N–H and O–H groups in total. The van der Waals surface area contributed by atoms with E-state index in [1.807, 2.05) is 0 Å². The van der Waals surface area contributed by atoms with Gasteiger partial charge in [-0.3, -0.25) is 0 Å². The molecule has 0 amide bonds. The average Bonchev–Trinajstić information content (AvgIpc) is 2.95. The van der Waals surface area contributed by atoms with Crippen molar-refractivity contribution in [2.45, 2.75) is 47.0 Å². The number of pyridine rings is 1. The first kappa shape index (κ1) is 17.0. The summed E-state index contributed by atoms with van der Waals surface area (Å²) in [5.41, 5.74) is 14.0. The Kier molecular flexibility index (Phi) is 3.99. The van der Waals surface area contributed by atoms with Gasteiger partial charge in [0.25, 0.3) is 0 Å². The van der Waals surface area contributed by atoms with Gasteiger partial charge in [-0.05, 0) is 72.6 Å². The van der Waals surface area contributed by atoms with Gasteiger partial charge < -0.3 is 0 Å². The number of fused-ring (bicyclic) bond motifs is 3. The molecule has 0 saturated carbocycles. The van der Waals surface area contributed by atoms with E-state index >= 15 is 0 Å². The standard InChI is InChI=1S/C25H28N/c1-15(2)24-14-26(6)25(12-17(24)4)20-9-10-22-21-8-7-16(3)11-19(21)13-23(22)18(20)5/h7-12,14-15H,13H2,1-6H3/q+1. The number of aryl methyl sites for hydroxylation is 3.